The Hall–Kier alpha value is -1.82. The van der Waals surface area contributed by atoms with Crippen LogP contribution < -0.4 is 5.73 Å². The second kappa shape index (κ2) is 4.70. The van der Waals surface area contributed by atoms with Gasteiger partial charge in [0.1, 0.15) is 5.82 Å². The smallest absolute Gasteiger partial charge is 0.254 e. The number of carbonyl (C=O) groups excluding carboxylic acids is 1. The zero-order chi connectivity index (χ0) is 13.4. The minimum absolute atomic E-state index is 0.0336. The fraction of sp³-hybridized carbons (Fsp3) is 0.231. The Morgan fingerprint density at radius 2 is 2.11 bits per heavy atom. The normalized spacial score (nSPS) is 14.3. The van der Waals surface area contributed by atoms with Crippen LogP contribution in [0.3, 0.4) is 0 Å². The van der Waals surface area contributed by atoms with E-state index in [1.54, 1.807) is 0 Å². The molecule has 0 fully saturated rings. The number of aromatic nitrogens is 2. The summed E-state index contributed by atoms with van der Waals surface area (Å²) in [6, 6.07) is 7.39. The fourth-order valence-corrected chi connectivity index (χ4v) is 2.56. The molecule has 0 saturated heterocycles. The first-order valence-electron chi connectivity index (χ1n) is 6.01. The number of nitrogens with zero attached hydrogens (tertiary/aromatic N) is 2. The number of hydrogen-bond donors (Lipinski definition) is 2. The summed E-state index contributed by atoms with van der Waals surface area (Å²) >= 11 is 3.36. The Kier molecular flexibility index (Phi) is 3.02. The minimum atomic E-state index is 0.0336. The number of halogens is 1. The molecule has 3 N–H and O–H groups in total. The first kappa shape index (κ1) is 12.2. The summed E-state index contributed by atoms with van der Waals surface area (Å²) in [7, 11) is 0. The molecule has 19 heavy (non-hydrogen) atoms. The van der Waals surface area contributed by atoms with Crippen molar-refractivity contribution in [3.05, 3.63) is 45.6 Å². The number of aromatic amines is 1. The van der Waals surface area contributed by atoms with Crippen molar-refractivity contribution < 1.29 is 4.79 Å². The number of benzene rings is 1. The number of rotatable bonds is 1. The Morgan fingerprint density at radius 3 is 2.84 bits per heavy atom. The van der Waals surface area contributed by atoms with Crippen molar-refractivity contribution in [2.45, 2.75) is 13.0 Å². The molecular weight excluding hydrogens is 308 g/mol. The molecule has 0 saturated carbocycles. The van der Waals surface area contributed by atoms with Crippen molar-refractivity contribution in [2.24, 2.45) is 0 Å². The largest absolute Gasteiger partial charge is 0.382 e. The van der Waals surface area contributed by atoms with Gasteiger partial charge < -0.3 is 10.6 Å². The highest BCUT2D eigenvalue weighted by Crippen LogP contribution is 2.23. The fourth-order valence-electron chi connectivity index (χ4n) is 2.29. The third-order valence-electron chi connectivity index (χ3n) is 3.34. The van der Waals surface area contributed by atoms with Crippen molar-refractivity contribution in [2.75, 3.05) is 12.3 Å². The maximum Gasteiger partial charge on any atom is 0.254 e. The molecule has 2 aromatic rings. The predicted molar refractivity (Wildman–Crippen MR) is 75.6 cm³/mol. The van der Waals surface area contributed by atoms with Crippen molar-refractivity contribution in [3.8, 4) is 0 Å². The molecule has 0 spiro atoms. The van der Waals surface area contributed by atoms with Gasteiger partial charge in [0.25, 0.3) is 5.91 Å². The van der Waals surface area contributed by atoms with Gasteiger partial charge >= 0.3 is 0 Å². The van der Waals surface area contributed by atoms with Crippen LogP contribution in [0.4, 0.5) is 5.82 Å². The van der Waals surface area contributed by atoms with Crippen molar-refractivity contribution in [1.82, 2.24) is 15.1 Å². The van der Waals surface area contributed by atoms with E-state index in [1.807, 2.05) is 29.2 Å². The molecule has 1 aromatic carbocycles. The summed E-state index contributed by atoms with van der Waals surface area (Å²) in [5.41, 5.74) is 8.43. The monoisotopic (exact) mass is 320 g/mol. The van der Waals surface area contributed by atoms with Crippen LogP contribution in [0, 0.1) is 0 Å². The van der Waals surface area contributed by atoms with Crippen LogP contribution in [0.25, 0.3) is 0 Å². The van der Waals surface area contributed by atoms with E-state index in [9.17, 15) is 4.79 Å². The van der Waals surface area contributed by atoms with Crippen molar-refractivity contribution in [3.63, 3.8) is 0 Å². The second-order valence-corrected chi connectivity index (χ2v) is 5.47. The molecule has 1 aliphatic heterocycles. The molecule has 3 rings (SSSR count). The van der Waals surface area contributed by atoms with Gasteiger partial charge in [-0.2, -0.15) is 5.10 Å². The molecule has 1 aliphatic rings. The van der Waals surface area contributed by atoms with E-state index in [1.165, 1.54) is 0 Å². The Balaban J connectivity index is 1.81. The molecule has 0 atom stereocenters. The van der Waals surface area contributed by atoms with E-state index in [0.29, 0.717) is 24.5 Å². The van der Waals surface area contributed by atoms with E-state index >= 15 is 0 Å². The lowest BCUT2D eigenvalue weighted by molar-refractivity contribution is 0.0732. The van der Waals surface area contributed by atoms with Crippen LogP contribution in [0.1, 0.15) is 21.6 Å². The number of carbonyl (C=O) groups is 1. The number of nitrogen functional groups attached to an aromatic ring is 1. The zero-order valence-corrected chi connectivity index (χ0v) is 11.8. The number of anilines is 1. The number of nitrogens with two attached hydrogens (primary N) is 1. The summed E-state index contributed by atoms with van der Waals surface area (Å²) in [5.74, 6) is 0.581. The zero-order valence-electron chi connectivity index (χ0n) is 10.2. The average Bonchev–Trinajstić information content (AvgIpc) is 2.80. The quantitative estimate of drug-likeness (QED) is 0.843. The number of fused-ring (bicyclic) bond motifs is 1. The molecule has 5 nitrogen and oxygen atoms in total. The van der Waals surface area contributed by atoms with Gasteiger partial charge in [0.05, 0.1) is 12.2 Å². The Labute approximate surface area is 118 Å². The highest BCUT2D eigenvalue weighted by atomic mass is 79.9. The maximum atomic E-state index is 12.4. The number of hydrogen-bond acceptors (Lipinski definition) is 3. The average molecular weight is 321 g/mol. The van der Waals surface area contributed by atoms with E-state index in [2.05, 4.69) is 26.1 Å². The van der Waals surface area contributed by atoms with Crippen LogP contribution >= 0.6 is 15.9 Å². The minimum Gasteiger partial charge on any atom is -0.382 e. The van der Waals surface area contributed by atoms with Crippen LogP contribution in [-0.4, -0.2) is 27.5 Å². The SMILES string of the molecule is Nc1n[nH]c2c1CCN(C(=O)c1ccc(Br)cc1)C2. The molecule has 1 amide bonds. The van der Waals surface area contributed by atoms with E-state index in [-0.39, 0.29) is 5.91 Å². The molecule has 0 radical (unpaired) electrons. The van der Waals surface area contributed by atoms with Crippen molar-refractivity contribution >= 4 is 27.7 Å². The first-order chi connectivity index (χ1) is 9.15. The summed E-state index contributed by atoms with van der Waals surface area (Å²) in [6.07, 6.45) is 0.750. The third kappa shape index (κ3) is 2.23. The standard InChI is InChI=1S/C13H13BrN4O/c14-9-3-1-8(2-4-9)13(19)18-6-5-10-11(7-18)16-17-12(10)15/h1-4H,5-7H2,(H3,15,16,17). The van der Waals surface area contributed by atoms with Gasteiger partial charge in [-0.05, 0) is 30.7 Å². The highest BCUT2D eigenvalue weighted by Gasteiger charge is 2.24. The van der Waals surface area contributed by atoms with Crippen molar-refractivity contribution in [1.29, 1.82) is 0 Å². The van der Waals surface area contributed by atoms with Gasteiger partial charge in [-0.25, -0.2) is 0 Å². The van der Waals surface area contributed by atoms with Crippen LogP contribution in [0.15, 0.2) is 28.7 Å². The Bertz CT molecular complexity index is 620. The molecule has 0 aliphatic carbocycles. The summed E-state index contributed by atoms with van der Waals surface area (Å²) in [6.45, 7) is 1.21. The first-order valence-corrected chi connectivity index (χ1v) is 6.81. The Morgan fingerprint density at radius 1 is 1.37 bits per heavy atom. The molecule has 2 heterocycles. The van der Waals surface area contributed by atoms with E-state index < -0.39 is 0 Å². The van der Waals surface area contributed by atoms with Gasteiger partial charge in [0, 0.05) is 22.1 Å². The van der Waals surface area contributed by atoms with Gasteiger partial charge in [-0.1, -0.05) is 15.9 Å². The molecular formula is C13H13BrN4O. The predicted octanol–water partition coefficient (Wildman–Crippen LogP) is 1.95. The maximum absolute atomic E-state index is 12.4. The lowest BCUT2D eigenvalue weighted by Gasteiger charge is -2.26. The van der Waals surface area contributed by atoms with Gasteiger partial charge in [0.15, 0.2) is 0 Å². The topological polar surface area (TPSA) is 75.0 Å². The molecule has 6 heteroatoms. The molecule has 1 aromatic heterocycles. The van der Waals surface area contributed by atoms with Crippen LogP contribution in [0.5, 0.6) is 0 Å². The highest BCUT2D eigenvalue weighted by molar-refractivity contribution is 9.10. The number of nitrogens with one attached hydrogen (secondary N) is 1. The second-order valence-electron chi connectivity index (χ2n) is 4.55. The summed E-state index contributed by atoms with van der Waals surface area (Å²) in [4.78, 5) is 14.2. The van der Waals surface area contributed by atoms with Gasteiger partial charge in [-0.15, -0.1) is 0 Å². The number of amides is 1. The lowest BCUT2D eigenvalue weighted by atomic mass is 10.1. The molecule has 0 unspecified atom stereocenters. The third-order valence-corrected chi connectivity index (χ3v) is 3.87. The number of H-pyrrole nitrogens is 1. The van der Waals surface area contributed by atoms with Gasteiger partial charge in [-0.3, -0.25) is 9.89 Å². The van der Waals surface area contributed by atoms with Gasteiger partial charge in [0.2, 0.25) is 0 Å². The summed E-state index contributed by atoms with van der Waals surface area (Å²) < 4.78 is 0.964. The molecule has 0 bridgehead atoms. The van der Waals surface area contributed by atoms with E-state index in [4.69, 9.17) is 5.73 Å². The van der Waals surface area contributed by atoms with Crippen LogP contribution in [-0.2, 0) is 13.0 Å². The van der Waals surface area contributed by atoms with E-state index in [0.717, 1.165) is 22.2 Å². The molecule has 98 valence electrons. The lowest BCUT2D eigenvalue weighted by Crippen LogP contribution is -2.36. The summed E-state index contributed by atoms with van der Waals surface area (Å²) in [5, 5.41) is 6.88. The van der Waals surface area contributed by atoms with Crippen LogP contribution in [0.2, 0.25) is 0 Å².